The van der Waals surface area contributed by atoms with E-state index in [-0.39, 0.29) is 0 Å². The molecule has 1 aliphatic heterocycles. The second kappa shape index (κ2) is 3.15. The SMILES string of the molecule is CCC1CCC[Si](C)(N)C1(C)C. The fourth-order valence-corrected chi connectivity index (χ4v) is 5.44. The summed E-state index contributed by atoms with van der Waals surface area (Å²) in [7, 11) is -1.40. The van der Waals surface area contributed by atoms with Crippen molar-refractivity contribution in [1.29, 1.82) is 0 Å². The number of nitrogens with two attached hydrogens (primary N) is 1. The van der Waals surface area contributed by atoms with E-state index in [1.165, 1.54) is 25.3 Å². The van der Waals surface area contributed by atoms with Crippen LogP contribution in [0.15, 0.2) is 0 Å². The molecule has 1 fully saturated rings. The first-order valence-corrected chi connectivity index (χ1v) is 7.99. The molecule has 0 aliphatic carbocycles. The van der Waals surface area contributed by atoms with Crippen LogP contribution in [0.1, 0.15) is 40.0 Å². The van der Waals surface area contributed by atoms with Crippen molar-refractivity contribution in [2.45, 2.75) is 57.7 Å². The lowest BCUT2D eigenvalue weighted by atomic mass is 9.87. The van der Waals surface area contributed by atoms with E-state index in [1.54, 1.807) is 0 Å². The highest BCUT2D eigenvalue weighted by Gasteiger charge is 2.47. The zero-order valence-electron chi connectivity index (χ0n) is 8.98. The topological polar surface area (TPSA) is 26.0 Å². The van der Waals surface area contributed by atoms with Gasteiger partial charge in [-0.1, -0.05) is 46.6 Å². The molecule has 0 aromatic carbocycles. The third-order valence-corrected chi connectivity index (χ3v) is 8.98. The molecule has 0 spiro atoms. The molecule has 0 aromatic heterocycles. The predicted octanol–water partition coefficient (Wildman–Crippen LogP) is 3.12. The fraction of sp³-hybridized carbons (Fsp3) is 1.00. The monoisotopic (exact) mass is 185 g/mol. The molecule has 1 aliphatic rings. The second-order valence-electron chi connectivity index (χ2n) is 5.14. The molecule has 2 heteroatoms. The molecule has 0 radical (unpaired) electrons. The van der Waals surface area contributed by atoms with Crippen molar-refractivity contribution in [3.8, 4) is 0 Å². The van der Waals surface area contributed by atoms with Crippen molar-refractivity contribution in [2.75, 3.05) is 0 Å². The number of hydrogen-bond donors (Lipinski definition) is 1. The van der Waals surface area contributed by atoms with E-state index in [1.807, 2.05) is 0 Å². The summed E-state index contributed by atoms with van der Waals surface area (Å²) >= 11 is 0. The van der Waals surface area contributed by atoms with Crippen molar-refractivity contribution in [3.63, 3.8) is 0 Å². The van der Waals surface area contributed by atoms with Crippen LogP contribution < -0.4 is 5.40 Å². The van der Waals surface area contributed by atoms with Crippen LogP contribution in [-0.4, -0.2) is 8.24 Å². The van der Waals surface area contributed by atoms with Crippen molar-refractivity contribution < 1.29 is 0 Å². The molecule has 0 aromatic rings. The minimum atomic E-state index is -1.40. The minimum Gasteiger partial charge on any atom is -0.350 e. The Hall–Kier alpha value is 0.177. The standard InChI is InChI=1S/C10H23NSi/c1-5-9-7-6-8-12(4,11)10(9,2)3/h9H,5-8,11H2,1-4H3. The molecule has 0 amide bonds. The molecule has 1 nitrogen and oxygen atoms in total. The van der Waals surface area contributed by atoms with Crippen LogP contribution in [0.25, 0.3) is 0 Å². The van der Waals surface area contributed by atoms with Crippen molar-refractivity contribution in [1.82, 2.24) is 0 Å². The normalized spacial score (nSPS) is 41.2. The molecule has 2 unspecified atom stereocenters. The van der Waals surface area contributed by atoms with Crippen LogP contribution in [0.3, 0.4) is 0 Å². The van der Waals surface area contributed by atoms with Crippen LogP contribution in [-0.2, 0) is 0 Å². The summed E-state index contributed by atoms with van der Waals surface area (Å²) in [6, 6.07) is 1.33. The van der Waals surface area contributed by atoms with Crippen LogP contribution in [0.5, 0.6) is 0 Å². The summed E-state index contributed by atoms with van der Waals surface area (Å²) in [4.78, 5) is 0. The van der Waals surface area contributed by atoms with Gasteiger partial charge in [0.05, 0.1) is 0 Å². The molecule has 72 valence electrons. The summed E-state index contributed by atoms with van der Waals surface area (Å²) < 4.78 is 0. The third-order valence-electron chi connectivity index (χ3n) is 4.23. The van der Waals surface area contributed by atoms with E-state index < -0.39 is 8.24 Å². The van der Waals surface area contributed by atoms with Gasteiger partial charge in [0.15, 0.2) is 0 Å². The molecule has 1 heterocycles. The maximum absolute atomic E-state index is 6.46. The Kier molecular flexibility index (Phi) is 2.69. The molecule has 2 N–H and O–H groups in total. The summed E-state index contributed by atoms with van der Waals surface area (Å²) in [6.45, 7) is 9.45. The van der Waals surface area contributed by atoms with Crippen LogP contribution >= 0.6 is 0 Å². The summed E-state index contributed by atoms with van der Waals surface area (Å²) in [5, 5.41) is 6.92. The zero-order chi connectivity index (χ0) is 9.41. The van der Waals surface area contributed by atoms with E-state index in [9.17, 15) is 0 Å². The van der Waals surface area contributed by atoms with Gasteiger partial charge in [-0.3, -0.25) is 0 Å². The van der Waals surface area contributed by atoms with Crippen LogP contribution in [0.2, 0.25) is 17.6 Å². The smallest absolute Gasteiger partial charge is 0.125 e. The Morgan fingerprint density at radius 1 is 1.50 bits per heavy atom. The Morgan fingerprint density at radius 3 is 2.50 bits per heavy atom. The maximum Gasteiger partial charge on any atom is 0.125 e. The van der Waals surface area contributed by atoms with E-state index in [4.69, 9.17) is 5.40 Å². The molecule has 1 saturated heterocycles. The molecule has 0 bridgehead atoms. The number of hydrogen-bond acceptors (Lipinski definition) is 1. The first kappa shape index (κ1) is 10.3. The van der Waals surface area contributed by atoms with Gasteiger partial charge in [0, 0.05) is 0 Å². The van der Waals surface area contributed by atoms with Crippen LogP contribution in [0, 0.1) is 5.92 Å². The van der Waals surface area contributed by atoms with Gasteiger partial charge in [-0.15, -0.1) is 0 Å². The Balaban J connectivity index is 2.82. The molecular weight excluding hydrogens is 162 g/mol. The largest absolute Gasteiger partial charge is 0.350 e. The van der Waals surface area contributed by atoms with Crippen LogP contribution in [0.4, 0.5) is 0 Å². The van der Waals surface area contributed by atoms with E-state index in [0.717, 1.165) is 5.92 Å². The van der Waals surface area contributed by atoms with Gasteiger partial charge in [0.2, 0.25) is 0 Å². The van der Waals surface area contributed by atoms with E-state index in [0.29, 0.717) is 5.04 Å². The Morgan fingerprint density at radius 2 is 2.08 bits per heavy atom. The van der Waals surface area contributed by atoms with Gasteiger partial charge in [0.25, 0.3) is 0 Å². The molecular formula is C10H23NSi. The van der Waals surface area contributed by atoms with E-state index in [2.05, 4.69) is 27.3 Å². The average Bonchev–Trinajstić information content (AvgIpc) is 1.95. The van der Waals surface area contributed by atoms with Gasteiger partial charge in [-0.05, 0) is 17.0 Å². The molecule has 1 rings (SSSR count). The van der Waals surface area contributed by atoms with Gasteiger partial charge in [-0.2, -0.15) is 0 Å². The Bertz CT molecular complexity index is 163. The first-order valence-electron chi connectivity index (χ1n) is 5.20. The van der Waals surface area contributed by atoms with Gasteiger partial charge >= 0.3 is 0 Å². The summed E-state index contributed by atoms with van der Waals surface area (Å²) in [6.07, 6.45) is 4.09. The third kappa shape index (κ3) is 1.47. The predicted molar refractivity (Wildman–Crippen MR) is 57.7 cm³/mol. The lowest BCUT2D eigenvalue weighted by molar-refractivity contribution is 0.325. The lowest BCUT2D eigenvalue weighted by Gasteiger charge is -2.49. The highest BCUT2D eigenvalue weighted by molar-refractivity contribution is 6.78. The number of rotatable bonds is 1. The second-order valence-corrected chi connectivity index (χ2v) is 9.76. The summed E-state index contributed by atoms with van der Waals surface area (Å²) in [5.74, 6) is 0.882. The minimum absolute atomic E-state index is 0.458. The lowest BCUT2D eigenvalue weighted by Crippen LogP contribution is -2.56. The molecule has 0 saturated carbocycles. The first-order chi connectivity index (χ1) is 5.42. The van der Waals surface area contributed by atoms with Gasteiger partial charge in [0.1, 0.15) is 8.24 Å². The van der Waals surface area contributed by atoms with Crippen molar-refractivity contribution in [3.05, 3.63) is 0 Å². The zero-order valence-corrected chi connectivity index (χ0v) is 9.98. The fourth-order valence-electron chi connectivity index (χ4n) is 2.58. The summed E-state index contributed by atoms with van der Waals surface area (Å²) in [5.41, 5.74) is 0. The van der Waals surface area contributed by atoms with Crippen molar-refractivity contribution >= 4 is 8.24 Å². The van der Waals surface area contributed by atoms with Gasteiger partial charge in [-0.25, -0.2) is 0 Å². The van der Waals surface area contributed by atoms with Gasteiger partial charge < -0.3 is 5.40 Å². The molecule has 2 atom stereocenters. The molecule has 12 heavy (non-hydrogen) atoms. The average molecular weight is 185 g/mol. The van der Waals surface area contributed by atoms with E-state index >= 15 is 0 Å². The highest BCUT2D eigenvalue weighted by Crippen LogP contribution is 2.51. The quantitative estimate of drug-likeness (QED) is 0.624. The van der Waals surface area contributed by atoms with Crippen molar-refractivity contribution in [2.24, 2.45) is 11.3 Å². The Labute approximate surface area is 77.8 Å². The highest BCUT2D eigenvalue weighted by atomic mass is 28.3. The maximum atomic E-state index is 6.46.